The molecule has 0 unspecified atom stereocenters. The second kappa shape index (κ2) is 13.5. The first-order valence-electron chi connectivity index (χ1n) is 7.33. The zero-order valence-electron chi connectivity index (χ0n) is 12.7. The lowest BCUT2D eigenvalue weighted by Crippen LogP contribution is -2.30. The molecular formula is C16H27NO4. The molecule has 0 aliphatic heterocycles. The van der Waals surface area contributed by atoms with Gasteiger partial charge in [0.1, 0.15) is 0 Å². The first-order chi connectivity index (χ1) is 10.1. The normalized spacial score (nSPS) is 10.1. The third-order valence-electron chi connectivity index (χ3n) is 2.86. The van der Waals surface area contributed by atoms with E-state index in [0.717, 1.165) is 24.9 Å². The number of carbonyl (C=O) groups is 1. The fourth-order valence-corrected chi connectivity index (χ4v) is 1.77. The second-order valence-corrected chi connectivity index (χ2v) is 4.70. The maximum absolute atomic E-state index is 10.2. The standard InChI is InChI=1S/C8H19NO2.C8H8O2/c1-2-3-4-9(5-7-10)6-8-11;9-8(10)6-7-4-2-1-3-5-7/h10-11H,2-8H2,1H3;1-5H,6H2,(H,9,10). The molecule has 0 spiro atoms. The lowest BCUT2D eigenvalue weighted by atomic mass is 10.2. The van der Waals surface area contributed by atoms with Gasteiger partial charge >= 0.3 is 5.97 Å². The maximum atomic E-state index is 10.2. The zero-order valence-corrected chi connectivity index (χ0v) is 12.7. The van der Waals surface area contributed by atoms with Crippen molar-refractivity contribution in [3.8, 4) is 0 Å². The van der Waals surface area contributed by atoms with Crippen LogP contribution in [0.1, 0.15) is 25.3 Å². The molecular weight excluding hydrogens is 270 g/mol. The van der Waals surface area contributed by atoms with Gasteiger partial charge in [0.25, 0.3) is 0 Å². The topological polar surface area (TPSA) is 81.0 Å². The Balaban J connectivity index is 0.000000382. The number of carboxylic acids is 1. The fourth-order valence-electron chi connectivity index (χ4n) is 1.77. The molecule has 0 saturated carbocycles. The fraction of sp³-hybridized carbons (Fsp3) is 0.562. The third kappa shape index (κ3) is 12.1. The first kappa shape index (κ1) is 19.6. The van der Waals surface area contributed by atoms with Gasteiger partial charge in [-0.15, -0.1) is 0 Å². The minimum atomic E-state index is -0.786. The van der Waals surface area contributed by atoms with E-state index >= 15 is 0 Å². The molecule has 120 valence electrons. The van der Waals surface area contributed by atoms with Crippen molar-refractivity contribution in [2.75, 3.05) is 32.8 Å². The van der Waals surface area contributed by atoms with Crippen LogP contribution in [0.4, 0.5) is 0 Å². The number of aliphatic carboxylic acids is 1. The van der Waals surface area contributed by atoms with Crippen LogP contribution < -0.4 is 0 Å². The molecule has 21 heavy (non-hydrogen) atoms. The van der Waals surface area contributed by atoms with E-state index < -0.39 is 5.97 Å². The predicted molar refractivity (Wildman–Crippen MR) is 83.3 cm³/mol. The van der Waals surface area contributed by atoms with Crippen molar-refractivity contribution < 1.29 is 20.1 Å². The van der Waals surface area contributed by atoms with Crippen LogP contribution in [0.25, 0.3) is 0 Å². The van der Waals surface area contributed by atoms with Crippen molar-refractivity contribution in [1.82, 2.24) is 4.90 Å². The van der Waals surface area contributed by atoms with Crippen molar-refractivity contribution in [1.29, 1.82) is 0 Å². The molecule has 0 atom stereocenters. The van der Waals surface area contributed by atoms with Gasteiger partial charge in [0, 0.05) is 13.1 Å². The summed E-state index contributed by atoms with van der Waals surface area (Å²) in [6.45, 7) is 4.85. The van der Waals surface area contributed by atoms with Crippen LogP contribution in [0.2, 0.25) is 0 Å². The molecule has 0 amide bonds. The molecule has 0 heterocycles. The largest absolute Gasteiger partial charge is 0.481 e. The molecule has 0 radical (unpaired) electrons. The maximum Gasteiger partial charge on any atom is 0.307 e. The highest BCUT2D eigenvalue weighted by molar-refractivity contribution is 5.70. The van der Waals surface area contributed by atoms with Gasteiger partial charge in [0.2, 0.25) is 0 Å². The zero-order chi connectivity index (χ0) is 15.9. The molecule has 3 N–H and O–H groups in total. The number of rotatable bonds is 9. The van der Waals surface area contributed by atoms with Crippen LogP contribution in [-0.2, 0) is 11.2 Å². The third-order valence-corrected chi connectivity index (χ3v) is 2.86. The molecule has 0 fully saturated rings. The van der Waals surface area contributed by atoms with Crippen LogP contribution in [0.5, 0.6) is 0 Å². The Labute approximate surface area is 126 Å². The lowest BCUT2D eigenvalue weighted by molar-refractivity contribution is -0.136. The number of hydrogen-bond donors (Lipinski definition) is 3. The van der Waals surface area contributed by atoms with E-state index in [-0.39, 0.29) is 19.6 Å². The summed E-state index contributed by atoms with van der Waals surface area (Å²) in [5.41, 5.74) is 0.843. The molecule has 5 heteroatoms. The summed E-state index contributed by atoms with van der Waals surface area (Å²) in [5, 5.41) is 25.6. The van der Waals surface area contributed by atoms with Gasteiger partial charge in [0.15, 0.2) is 0 Å². The number of hydrogen-bond acceptors (Lipinski definition) is 4. The minimum Gasteiger partial charge on any atom is -0.481 e. The second-order valence-electron chi connectivity index (χ2n) is 4.70. The molecule has 5 nitrogen and oxygen atoms in total. The van der Waals surface area contributed by atoms with Gasteiger partial charge in [-0.3, -0.25) is 9.69 Å². The van der Waals surface area contributed by atoms with E-state index in [1.165, 1.54) is 0 Å². The van der Waals surface area contributed by atoms with Crippen molar-refractivity contribution >= 4 is 5.97 Å². The molecule has 0 bridgehead atoms. The Morgan fingerprint density at radius 3 is 2.05 bits per heavy atom. The number of carboxylic acid groups (broad SMARTS) is 1. The average Bonchev–Trinajstić information content (AvgIpc) is 2.46. The molecule has 0 aromatic heterocycles. The monoisotopic (exact) mass is 297 g/mol. The van der Waals surface area contributed by atoms with Crippen LogP contribution in [0.3, 0.4) is 0 Å². The van der Waals surface area contributed by atoms with Gasteiger partial charge < -0.3 is 15.3 Å². The molecule has 0 aliphatic carbocycles. The Hall–Kier alpha value is -1.43. The number of aliphatic hydroxyl groups is 2. The van der Waals surface area contributed by atoms with Gasteiger partial charge in [-0.2, -0.15) is 0 Å². The number of benzene rings is 1. The van der Waals surface area contributed by atoms with Gasteiger partial charge in [-0.05, 0) is 18.5 Å². The van der Waals surface area contributed by atoms with Crippen molar-refractivity contribution in [3.63, 3.8) is 0 Å². The van der Waals surface area contributed by atoms with Crippen molar-refractivity contribution in [2.45, 2.75) is 26.2 Å². The molecule has 1 aromatic carbocycles. The lowest BCUT2D eigenvalue weighted by Gasteiger charge is -2.19. The van der Waals surface area contributed by atoms with Gasteiger partial charge in [-0.25, -0.2) is 0 Å². The van der Waals surface area contributed by atoms with E-state index in [1.54, 1.807) is 12.1 Å². The summed E-state index contributed by atoms with van der Waals surface area (Å²) in [4.78, 5) is 12.2. The Kier molecular flexibility index (Phi) is 12.6. The van der Waals surface area contributed by atoms with Crippen molar-refractivity contribution in [3.05, 3.63) is 35.9 Å². The smallest absolute Gasteiger partial charge is 0.307 e. The first-order valence-corrected chi connectivity index (χ1v) is 7.33. The summed E-state index contributed by atoms with van der Waals surface area (Å²) in [6.07, 6.45) is 2.41. The van der Waals surface area contributed by atoms with E-state index in [9.17, 15) is 4.79 Å². The SMILES string of the molecule is CCCCN(CCO)CCO.O=C(O)Cc1ccccc1. The van der Waals surface area contributed by atoms with Gasteiger partial charge in [0.05, 0.1) is 19.6 Å². The summed E-state index contributed by atoms with van der Waals surface area (Å²) >= 11 is 0. The number of unbranched alkanes of at least 4 members (excludes halogenated alkanes) is 1. The highest BCUT2D eigenvalue weighted by atomic mass is 16.4. The van der Waals surface area contributed by atoms with Crippen molar-refractivity contribution in [2.24, 2.45) is 0 Å². The number of aliphatic hydroxyl groups excluding tert-OH is 2. The highest BCUT2D eigenvalue weighted by Crippen LogP contribution is 1.98. The summed E-state index contributed by atoms with van der Waals surface area (Å²) in [5.74, 6) is -0.786. The molecule has 0 aliphatic rings. The van der Waals surface area contributed by atoms with E-state index in [1.807, 2.05) is 18.2 Å². The van der Waals surface area contributed by atoms with E-state index in [4.69, 9.17) is 15.3 Å². The molecule has 0 saturated heterocycles. The van der Waals surface area contributed by atoms with Gasteiger partial charge in [-0.1, -0.05) is 43.7 Å². The van der Waals surface area contributed by atoms with Crippen LogP contribution in [0.15, 0.2) is 30.3 Å². The van der Waals surface area contributed by atoms with Crippen LogP contribution in [0, 0.1) is 0 Å². The van der Waals surface area contributed by atoms with Crippen LogP contribution in [-0.4, -0.2) is 59.0 Å². The van der Waals surface area contributed by atoms with E-state index in [0.29, 0.717) is 13.1 Å². The molecule has 1 aromatic rings. The summed E-state index contributed by atoms with van der Waals surface area (Å²) in [7, 11) is 0. The summed E-state index contributed by atoms with van der Waals surface area (Å²) < 4.78 is 0. The number of nitrogens with zero attached hydrogens (tertiary/aromatic N) is 1. The Morgan fingerprint density at radius 1 is 1.05 bits per heavy atom. The quantitative estimate of drug-likeness (QED) is 0.642. The van der Waals surface area contributed by atoms with Crippen LogP contribution >= 0.6 is 0 Å². The average molecular weight is 297 g/mol. The predicted octanol–water partition coefficient (Wildman–Crippen LogP) is 1.39. The Morgan fingerprint density at radius 2 is 1.62 bits per heavy atom. The van der Waals surface area contributed by atoms with E-state index in [2.05, 4.69) is 11.8 Å². The highest BCUT2D eigenvalue weighted by Gasteiger charge is 2.00. The summed E-state index contributed by atoms with van der Waals surface area (Å²) in [6, 6.07) is 9.13. The molecule has 1 rings (SSSR count). The Bertz CT molecular complexity index is 351. The minimum absolute atomic E-state index is 0.112.